The minimum Gasteiger partial charge on any atom is -0.486 e. The molecule has 1 saturated heterocycles. The second kappa shape index (κ2) is 10.4. The lowest BCUT2D eigenvalue weighted by Gasteiger charge is -2.30. The number of carbonyl (C=O) groups excluding carboxylic acids is 2. The Kier molecular flexibility index (Phi) is 7.13. The molecule has 2 heterocycles. The van der Waals surface area contributed by atoms with Crippen LogP contribution in [0.1, 0.15) is 18.4 Å². The molecule has 172 valence electrons. The van der Waals surface area contributed by atoms with E-state index in [2.05, 4.69) is 5.32 Å². The predicted molar refractivity (Wildman–Crippen MR) is 122 cm³/mol. The van der Waals surface area contributed by atoms with Crippen molar-refractivity contribution >= 4 is 35.8 Å². The van der Waals surface area contributed by atoms with Gasteiger partial charge >= 0.3 is 0 Å². The fourth-order valence-corrected chi connectivity index (χ4v) is 4.65. The van der Waals surface area contributed by atoms with E-state index in [9.17, 15) is 19.7 Å². The number of nitro groups is 1. The van der Waals surface area contributed by atoms with Crippen molar-refractivity contribution in [2.24, 2.45) is 0 Å². The van der Waals surface area contributed by atoms with Gasteiger partial charge in [0.15, 0.2) is 11.5 Å². The molecule has 2 aromatic carbocycles. The second-order valence-corrected chi connectivity index (χ2v) is 8.72. The number of ether oxygens (including phenoxy) is 2. The molecular weight excluding hydrogens is 446 g/mol. The van der Waals surface area contributed by atoms with E-state index in [1.807, 2.05) is 12.1 Å². The third kappa shape index (κ3) is 5.64. The lowest BCUT2D eigenvalue weighted by Crippen LogP contribution is -2.44. The van der Waals surface area contributed by atoms with Gasteiger partial charge in [0, 0.05) is 36.2 Å². The average molecular weight is 470 g/mol. The number of piperidine rings is 1. The summed E-state index contributed by atoms with van der Waals surface area (Å²) in [6.07, 6.45) is 5.11. The number of amides is 2. The van der Waals surface area contributed by atoms with Crippen molar-refractivity contribution in [2.45, 2.75) is 28.7 Å². The van der Waals surface area contributed by atoms with Gasteiger partial charge in [0.05, 0.1) is 9.82 Å². The highest BCUT2D eigenvalue weighted by atomic mass is 32.2. The van der Waals surface area contributed by atoms with Crippen LogP contribution in [0.25, 0.3) is 6.08 Å². The molecule has 2 amide bonds. The molecule has 0 saturated carbocycles. The highest BCUT2D eigenvalue weighted by Crippen LogP contribution is 2.40. The summed E-state index contributed by atoms with van der Waals surface area (Å²) in [4.78, 5) is 37.3. The van der Waals surface area contributed by atoms with Crippen molar-refractivity contribution in [3.63, 3.8) is 0 Å². The molecule has 10 heteroatoms. The van der Waals surface area contributed by atoms with Gasteiger partial charge in [0.1, 0.15) is 13.2 Å². The van der Waals surface area contributed by atoms with Crippen LogP contribution in [-0.4, -0.2) is 54.5 Å². The predicted octanol–water partition coefficient (Wildman–Crippen LogP) is 3.27. The number of likely N-dealkylation sites (tertiary alicyclic amines) is 1. The standard InChI is InChI=1S/C23H23N3O6S/c27-15-24-17-7-9-25(10-8-17)23(28)6-2-16-1-5-22(19(13-16)26(29)30)33-18-3-4-20-21(14-18)32-12-11-31-20/h1-6,13-15,17H,7-12H2,(H,24,27)/b6-2+. The number of fused-ring (bicyclic) bond motifs is 1. The Labute approximate surface area is 194 Å². The van der Waals surface area contributed by atoms with Crippen molar-refractivity contribution in [3.8, 4) is 11.5 Å². The zero-order chi connectivity index (χ0) is 23.2. The molecule has 2 aromatic rings. The van der Waals surface area contributed by atoms with Gasteiger partial charge in [0.2, 0.25) is 12.3 Å². The van der Waals surface area contributed by atoms with Crippen LogP contribution in [0.5, 0.6) is 11.5 Å². The molecule has 4 rings (SSSR count). The van der Waals surface area contributed by atoms with Crippen LogP contribution in [0.2, 0.25) is 0 Å². The summed E-state index contributed by atoms with van der Waals surface area (Å²) in [7, 11) is 0. The van der Waals surface area contributed by atoms with Crippen molar-refractivity contribution in [2.75, 3.05) is 26.3 Å². The molecule has 0 radical (unpaired) electrons. The number of nitrogens with zero attached hydrogens (tertiary/aromatic N) is 2. The van der Waals surface area contributed by atoms with Gasteiger partial charge in [0.25, 0.3) is 5.69 Å². The first-order valence-corrected chi connectivity index (χ1v) is 11.4. The van der Waals surface area contributed by atoms with Crippen molar-refractivity contribution in [1.29, 1.82) is 0 Å². The van der Waals surface area contributed by atoms with E-state index in [1.54, 1.807) is 29.2 Å². The van der Waals surface area contributed by atoms with E-state index in [0.717, 1.165) is 4.90 Å². The first-order valence-electron chi connectivity index (χ1n) is 10.6. The largest absolute Gasteiger partial charge is 0.486 e. The first kappa shape index (κ1) is 22.7. The van der Waals surface area contributed by atoms with Gasteiger partial charge < -0.3 is 19.7 Å². The molecule has 0 aromatic heterocycles. The zero-order valence-electron chi connectivity index (χ0n) is 17.8. The Bertz CT molecular complexity index is 1080. The maximum absolute atomic E-state index is 12.5. The van der Waals surface area contributed by atoms with Gasteiger partial charge in [-0.3, -0.25) is 19.7 Å². The number of nitrogens with one attached hydrogen (secondary N) is 1. The molecule has 33 heavy (non-hydrogen) atoms. The lowest BCUT2D eigenvalue weighted by molar-refractivity contribution is -0.387. The van der Waals surface area contributed by atoms with E-state index in [-0.39, 0.29) is 17.6 Å². The summed E-state index contributed by atoms with van der Waals surface area (Å²) in [5.41, 5.74) is 0.532. The van der Waals surface area contributed by atoms with E-state index in [4.69, 9.17) is 9.47 Å². The monoisotopic (exact) mass is 469 g/mol. The van der Waals surface area contributed by atoms with Gasteiger partial charge in [-0.15, -0.1) is 0 Å². The molecule has 1 fully saturated rings. The topological polar surface area (TPSA) is 111 Å². The maximum Gasteiger partial charge on any atom is 0.283 e. The fourth-order valence-electron chi connectivity index (χ4n) is 3.72. The Morgan fingerprint density at radius 3 is 2.61 bits per heavy atom. The van der Waals surface area contributed by atoms with Crippen LogP contribution in [0, 0.1) is 10.1 Å². The summed E-state index contributed by atoms with van der Waals surface area (Å²) in [5, 5.41) is 14.4. The third-order valence-electron chi connectivity index (χ3n) is 5.45. The third-order valence-corrected chi connectivity index (χ3v) is 6.50. The van der Waals surface area contributed by atoms with E-state index in [0.29, 0.717) is 67.5 Å². The quantitative estimate of drug-likeness (QED) is 0.287. The molecule has 0 aliphatic carbocycles. The molecule has 0 spiro atoms. The number of benzene rings is 2. The molecule has 0 atom stereocenters. The normalized spacial score (nSPS) is 15.9. The molecule has 1 N–H and O–H groups in total. The van der Waals surface area contributed by atoms with Gasteiger partial charge in [-0.25, -0.2) is 0 Å². The number of rotatable bonds is 7. The van der Waals surface area contributed by atoms with Gasteiger partial charge in [-0.05, 0) is 48.7 Å². The van der Waals surface area contributed by atoms with E-state index in [1.165, 1.54) is 23.9 Å². The van der Waals surface area contributed by atoms with Crippen molar-refractivity contribution in [3.05, 3.63) is 58.2 Å². The van der Waals surface area contributed by atoms with Crippen LogP contribution in [-0.2, 0) is 9.59 Å². The Balaban J connectivity index is 1.44. The highest BCUT2D eigenvalue weighted by Gasteiger charge is 2.21. The summed E-state index contributed by atoms with van der Waals surface area (Å²) in [5.74, 6) is 1.13. The number of carbonyl (C=O) groups is 2. The van der Waals surface area contributed by atoms with Gasteiger partial charge in [-0.1, -0.05) is 17.8 Å². The minimum atomic E-state index is -0.426. The van der Waals surface area contributed by atoms with Crippen molar-refractivity contribution in [1.82, 2.24) is 10.2 Å². The average Bonchev–Trinajstić information content (AvgIpc) is 2.83. The van der Waals surface area contributed by atoms with E-state index >= 15 is 0 Å². The molecular formula is C23H23N3O6S. The van der Waals surface area contributed by atoms with E-state index < -0.39 is 4.92 Å². The number of nitro benzene ring substituents is 1. The van der Waals surface area contributed by atoms with Crippen LogP contribution in [0.15, 0.2) is 52.3 Å². The highest BCUT2D eigenvalue weighted by molar-refractivity contribution is 7.99. The number of hydrogen-bond donors (Lipinski definition) is 1. The number of hydrogen-bond acceptors (Lipinski definition) is 7. The Morgan fingerprint density at radius 2 is 1.88 bits per heavy atom. The fraction of sp³-hybridized carbons (Fsp3) is 0.304. The van der Waals surface area contributed by atoms with Crippen molar-refractivity contribution < 1.29 is 24.0 Å². The molecule has 2 aliphatic heterocycles. The Morgan fingerprint density at radius 1 is 1.12 bits per heavy atom. The van der Waals surface area contributed by atoms with Crippen LogP contribution >= 0.6 is 11.8 Å². The summed E-state index contributed by atoms with van der Waals surface area (Å²) >= 11 is 1.27. The molecule has 2 aliphatic rings. The second-order valence-electron chi connectivity index (χ2n) is 7.61. The molecule has 9 nitrogen and oxygen atoms in total. The summed E-state index contributed by atoms with van der Waals surface area (Å²) in [6, 6.07) is 10.4. The Hall–Kier alpha value is -3.53. The zero-order valence-corrected chi connectivity index (χ0v) is 18.6. The molecule has 0 bridgehead atoms. The summed E-state index contributed by atoms with van der Waals surface area (Å²) < 4.78 is 11.1. The first-order chi connectivity index (χ1) is 16.0. The lowest BCUT2D eigenvalue weighted by atomic mass is 10.1. The van der Waals surface area contributed by atoms with Crippen LogP contribution in [0.4, 0.5) is 5.69 Å². The summed E-state index contributed by atoms with van der Waals surface area (Å²) in [6.45, 7) is 2.08. The maximum atomic E-state index is 12.5. The SMILES string of the molecule is O=CNC1CCN(C(=O)/C=C/c2ccc(Sc3ccc4c(c3)OCCO4)c([N+](=O)[O-])c2)CC1. The minimum absolute atomic E-state index is 0.0368. The van der Waals surface area contributed by atoms with Gasteiger partial charge in [-0.2, -0.15) is 0 Å². The van der Waals surface area contributed by atoms with Crippen LogP contribution in [0.3, 0.4) is 0 Å². The smallest absolute Gasteiger partial charge is 0.283 e. The molecule has 0 unspecified atom stereocenters. The van der Waals surface area contributed by atoms with Crippen LogP contribution < -0.4 is 14.8 Å².